The Hall–Kier alpha value is -3.15. The number of hydrogen-bond acceptors (Lipinski definition) is 3. The Bertz CT molecular complexity index is 969. The summed E-state index contributed by atoms with van der Waals surface area (Å²) in [5.41, 5.74) is -0.310. The molecule has 0 saturated heterocycles. The molecule has 3 nitrogen and oxygen atoms in total. The SMILES string of the molecule is C=CCOc1cc2ccc(OC(F)(F)c3ccc(OCC)cc3)cc2cc1F. The molecule has 0 spiro atoms. The zero-order chi connectivity index (χ0) is 20.1. The summed E-state index contributed by atoms with van der Waals surface area (Å²) in [5, 5.41) is 1.06. The average Bonchev–Trinajstić information content (AvgIpc) is 2.67. The molecule has 6 heteroatoms. The molecule has 0 atom stereocenters. The van der Waals surface area contributed by atoms with Crippen molar-refractivity contribution in [1.29, 1.82) is 0 Å². The minimum atomic E-state index is -3.55. The van der Waals surface area contributed by atoms with Crippen molar-refractivity contribution < 1.29 is 27.4 Å². The van der Waals surface area contributed by atoms with Crippen molar-refractivity contribution in [3.05, 3.63) is 78.6 Å². The highest BCUT2D eigenvalue weighted by Crippen LogP contribution is 2.34. The first kappa shape index (κ1) is 19.6. The van der Waals surface area contributed by atoms with Gasteiger partial charge < -0.3 is 14.2 Å². The fourth-order valence-corrected chi connectivity index (χ4v) is 2.67. The maximum absolute atomic E-state index is 14.5. The molecule has 3 rings (SSSR count). The van der Waals surface area contributed by atoms with Crippen LogP contribution in [0.5, 0.6) is 17.2 Å². The van der Waals surface area contributed by atoms with Gasteiger partial charge in [-0.2, -0.15) is 8.78 Å². The smallest absolute Gasteiger partial charge is 0.426 e. The van der Waals surface area contributed by atoms with Gasteiger partial charge in [-0.15, -0.1) is 0 Å². The van der Waals surface area contributed by atoms with Gasteiger partial charge in [0, 0.05) is 0 Å². The van der Waals surface area contributed by atoms with Gasteiger partial charge in [0.05, 0.1) is 12.2 Å². The Morgan fingerprint density at radius 1 is 0.929 bits per heavy atom. The summed E-state index contributed by atoms with van der Waals surface area (Å²) >= 11 is 0. The Morgan fingerprint density at radius 2 is 1.64 bits per heavy atom. The van der Waals surface area contributed by atoms with Crippen LogP contribution in [-0.4, -0.2) is 13.2 Å². The van der Waals surface area contributed by atoms with E-state index in [-0.39, 0.29) is 23.7 Å². The highest BCUT2D eigenvalue weighted by molar-refractivity contribution is 5.85. The fourth-order valence-electron chi connectivity index (χ4n) is 2.67. The molecule has 0 aliphatic carbocycles. The van der Waals surface area contributed by atoms with Crippen LogP contribution >= 0.6 is 0 Å². The Labute approximate surface area is 161 Å². The Morgan fingerprint density at radius 3 is 2.32 bits per heavy atom. The quantitative estimate of drug-likeness (QED) is 0.438. The van der Waals surface area contributed by atoms with Crippen LogP contribution in [0, 0.1) is 5.82 Å². The van der Waals surface area contributed by atoms with Crippen LogP contribution in [0.25, 0.3) is 10.8 Å². The third kappa shape index (κ3) is 4.39. The molecule has 0 N–H and O–H groups in total. The summed E-state index contributed by atoms with van der Waals surface area (Å²) < 4.78 is 58.4. The zero-order valence-corrected chi connectivity index (χ0v) is 15.3. The van der Waals surface area contributed by atoms with Gasteiger partial charge in [-0.05, 0) is 66.2 Å². The molecule has 0 heterocycles. The number of rotatable bonds is 8. The van der Waals surface area contributed by atoms with Crippen molar-refractivity contribution in [2.75, 3.05) is 13.2 Å². The van der Waals surface area contributed by atoms with E-state index in [1.807, 2.05) is 6.92 Å². The average molecular weight is 388 g/mol. The van der Waals surface area contributed by atoms with E-state index in [0.717, 1.165) is 0 Å². The second-order valence-electron chi connectivity index (χ2n) is 5.97. The van der Waals surface area contributed by atoms with Gasteiger partial charge in [0.1, 0.15) is 18.1 Å². The highest BCUT2D eigenvalue weighted by Gasteiger charge is 2.34. The predicted molar refractivity (Wildman–Crippen MR) is 102 cm³/mol. The zero-order valence-electron chi connectivity index (χ0n) is 15.3. The number of fused-ring (bicyclic) bond motifs is 1. The molecular weight excluding hydrogens is 369 g/mol. The summed E-state index contributed by atoms with van der Waals surface area (Å²) in [6.07, 6.45) is -2.05. The van der Waals surface area contributed by atoms with Crippen LogP contribution in [0.1, 0.15) is 12.5 Å². The first-order valence-electron chi connectivity index (χ1n) is 8.70. The lowest BCUT2D eigenvalue weighted by molar-refractivity contribution is -0.185. The van der Waals surface area contributed by atoms with Crippen LogP contribution in [0.3, 0.4) is 0 Å². The van der Waals surface area contributed by atoms with Crippen molar-refractivity contribution in [2.45, 2.75) is 13.0 Å². The van der Waals surface area contributed by atoms with Gasteiger partial charge in [0.25, 0.3) is 0 Å². The minimum Gasteiger partial charge on any atom is -0.494 e. The first-order valence-corrected chi connectivity index (χ1v) is 8.70. The van der Waals surface area contributed by atoms with Gasteiger partial charge in [0.2, 0.25) is 0 Å². The van der Waals surface area contributed by atoms with Gasteiger partial charge >= 0.3 is 6.11 Å². The van der Waals surface area contributed by atoms with Crippen LogP contribution in [0.15, 0.2) is 67.3 Å². The normalized spacial score (nSPS) is 11.3. The molecule has 0 unspecified atom stereocenters. The predicted octanol–water partition coefficient (Wildman–Crippen LogP) is 6.07. The van der Waals surface area contributed by atoms with Crippen LogP contribution in [-0.2, 0) is 6.11 Å². The van der Waals surface area contributed by atoms with Gasteiger partial charge in [-0.3, -0.25) is 0 Å². The summed E-state index contributed by atoms with van der Waals surface area (Å²) in [5.74, 6) is -0.103. The van der Waals surface area contributed by atoms with Crippen molar-refractivity contribution in [3.8, 4) is 17.2 Å². The topological polar surface area (TPSA) is 27.7 Å². The minimum absolute atomic E-state index is 0.0702. The fraction of sp³-hybridized carbons (Fsp3) is 0.182. The molecule has 0 bridgehead atoms. The molecule has 0 radical (unpaired) electrons. The molecular formula is C22H19F3O3. The van der Waals surface area contributed by atoms with Crippen molar-refractivity contribution >= 4 is 10.8 Å². The van der Waals surface area contributed by atoms with Crippen LogP contribution in [0.4, 0.5) is 13.2 Å². The number of benzene rings is 3. The maximum Gasteiger partial charge on any atom is 0.426 e. The molecule has 0 aliphatic rings. The third-order valence-corrected chi connectivity index (χ3v) is 3.97. The van der Waals surface area contributed by atoms with E-state index in [9.17, 15) is 13.2 Å². The first-order chi connectivity index (χ1) is 13.4. The van der Waals surface area contributed by atoms with E-state index in [4.69, 9.17) is 14.2 Å². The molecule has 146 valence electrons. The monoisotopic (exact) mass is 388 g/mol. The van der Waals surface area contributed by atoms with Crippen LogP contribution in [0.2, 0.25) is 0 Å². The van der Waals surface area contributed by atoms with E-state index in [1.54, 1.807) is 6.07 Å². The molecule has 28 heavy (non-hydrogen) atoms. The van der Waals surface area contributed by atoms with E-state index in [2.05, 4.69) is 6.58 Å². The summed E-state index contributed by atoms with van der Waals surface area (Å²) in [6, 6.07) is 12.5. The summed E-state index contributed by atoms with van der Waals surface area (Å²) in [7, 11) is 0. The van der Waals surface area contributed by atoms with Gasteiger partial charge in [-0.1, -0.05) is 18.7 Å². The lowest BCUT2D eigenvalue weighted by Crippen LogP contribution is -2.21. The molecule has 0 amide bonds. The molecule has 0 fully saturated rings. The Balaban J connectivity index is 1.83. The van der Waals surface area contributed by atoms with E-state index < -0.39 is 11.9 Å². The van der Waals surface area contributed by atoms with E-state index in [1.165, 1.54) is 54.6 Å². The van der Waals surface area contributed by atoms with Crippen molar-refractivity contribution in [2.24, 2.45) is 0 Å². The molecule has 0 saturated carbocycles. The second kappa shape index (κ2) is 8.25. The summed E-state index contributed by atoms with van der Waals surface area (Å²) in [4.78, 5) is 0. The Kier molecular flexibility index (Phi) is 5.78. The molecule has 3 aromatic rings. The van der Waals surface area contributed by atoms with Crippen molar-refractivity contribution in [3.63, 3.8) is 0 Å². The lowest BCUT2D eigenvalue weighted by Gasteiger charge is -2.19. The maximum atomic E-state index is 14.5. The molecule has 3 aromatic carbocycles. The second-order valence-corrected chi connectivity index (χ2v) is 5.97. The third-order valence-electron chi connectivity index (χ3n) is 3.97. The largest absolute Gasteiger partial charge is 0.494 e. The number of alkyl halides is 2. The van der Waals surface area contributed by atoms with E-state index >= 15 is 0 Å². The van der Waals surface area contributed by atoms with Crippen molar-refractivity contribution in [1.82, 2.24) is 0 Å². The molecule has 0 aliphatic heterocycles. The number of halogens is 3. The molecule has 0 aromatic heterocycles. The summed E-state index contributed by atoms with van der Waals surface area (Å²) in [6.45, 7) is 5.93. The number of hydrogen-bond donors (Lipinski definition) is 0. The number of ether oxygens (including phenoxy) is 3. The van der Waals surface area contributed by atoms with Gasteiger partial charge in [0.15, 0.2) is 11.6 Å². The van der Waals surface area contributed by atoms with Crippen LogP contribution < -0.4 is 14.2 Å². The van der Waals surface area contributed by atoms with E-state index in [0.29, 0.717) is 23.1 Å². The van der Waals surface area contributed by atoms with Gasteiger partial charge in [-0.25, -0.2) is 4.39 Å². The lowest BCUT2D eigenvalue weighted by atomic mass is 10.1. The standard InChI is InChI=1S/C22H19F3O3/c1-3-11-27-21-14-15-5-8-19(12-16(15)13-20(21)23)28-22(24,25)17-6-9-18(10-7-17)26-4-2/h3,5-10,12-14H,1,4,11H2,2H3. The highest BCUT2D eigenvalue weighted by atomic mass is 19.3.